The van der Waals surface area contributed by atoms with Gasteiger partial charge in [0.05, 0.1) is 25.9 Å². The molecule has 1 heterocycles. The number of likely N-dealkylation sites (tertiary alicyclic amines) is 1. The normalized spacial score (nSPS) is 17.8. The molecule has 1 aliphatic heterocycles. The second-order valence-corrected chi connectivity index (χ2v) is 10.4. The molecule has 1 saturated heterocycles. The van der Waals surface area contributed by atoms with Crippen LogP contribution in [0.25, 0.3) is 10.8 Å². The number of benzene rings is 4. The van der Waals surface area contributed by atoms with Gasteiger partial charge in [0.1, 0.15) is 24.6 Å². The summed E-state index contributed by atoms with van der Waals surface area (Å²) in [6.07, 6.45) is -1.01. The Bertz CT molecular complexity index is 1390. The SMILES string of the molecule is COCC(COc1ccc(C2CCN(C(=O)[O-])CC2OCc2ccc3ccccc3c2)cc1)OCc1ccccc1. The Kier molecular flexibility index (Phi) is 9.86. The van der Waals surface area contributed by atoms with Crippen molar-refractivity contribution in [1.82, 2.24) is 4.90 Å². The molecular formula is C34H36NO6-. The summed E-state index contributed by atoms with van der Waals surface area (Å²) in [4.78, 5) is 13.0. The van der Waals surface area contributed by atoms with E-state index in [2.05, 4.69) is 30.3 Å². The summed E-state index contributed by atoms with van der Waals surface area (Å²) in [5.41, 5.74) is 3.24. The van der Waals surface area contributed by atoms with E-state index in [1.54, 1.807) is 7.11 Å². The molecule has 1 aliphatic rings. The molecule has 214 valence electrons. The summed E-state index contributed by atoms with van der Waals surface area (Å²) in [5.74, 6) is 0.787. The minimum absolute atomic E-state index is 0.0514. The molecular weight excluding hydrogens is 518 g/mol. The molecule has 1 fully saturated rings. The molecule has 3 atom stereocenters. The van der Waals surface area contributed by atoms with Gasteiger partial charge in [-0.25, -0.2) is 0 Å². The third-order valence-electron chi connectivity index (χ3n) is 7.52. The molecule has 41 heavy (non-hydrogen) atoms. The second-order valence-electron chi connectivity index (χ2n) is 10.4. The topological polar surface area (TPSA) is 80.3 Å². The van der Waals surface area contributed by atoms with Crippen molar-refractivity contribution in [2.75, 3.05) is 33.4 Å². The van der Waals surface area contributed by atoms with Crippen LogP contribution in [0, 0.1) is 0 Å². The first-order valence-electron chi connectivity index (χ1n) is 14.0. The molecule has 4 aromatic carbocycles. The quantitative estimate of drug-likeness (QED) is 0.241. The van der Waals surface area contributed by atoms with Crippen molar-refractivity contribution >= 4 is 16.9 Å². The van der Waals surface area contributed by atoms with E-state index in [-0.39, 0.29) is 24.7 Å². The van der Waals surface area contributed by atoms with Crippen LogP contribution in [0.3, 0.4) is 0 Å². The Morgan fingerprint density at radius 1 is 0.878 bits per heavy atom. The Balaban J connectivity index is 1.21. The Labute approximate surface area is 241 Å². The Hall–Kier alpha value is -3.91. The van der Waals surface area contributed by atoms with Gasteiger partial charge in [0.15, 0.2) is 0 Å². The molecule has 0 N–H and O–H groups in total. The number of carbonyl (C=O) groups is 1. The van der Waals surface area contributed by atoms with Gasteiger partial charge < -0.3 is 33.7 Å². The summed E-state index contributed by atoms with van der Waals surface area (Å²) in [6.45, 7) is 2.37. The molecule has 0 radical (unpaired) electrons. The van der Waals surface area contributed by atoms with Crippen molar-refractivity contribution in [2.45, 2.75) is 37.8 Å². The average Bonchev–Trinajstić information content (AvgIpc) is 3.02. The lowest BCUT2D eigenvalue weighted by Gasteiger charge is -2.40. The van der Waals surface area contributed by atoms with Crippen LogP contribution < -0.4 is 9.84 Å². The number of rotatable bonds is 12. The fourth-order valence-corrected chi connectivity index (χ4v) is 5.28. The van der Waals surface area contributed by atoms with Crippen molar-refractivity contribution < 1.29 is 28.8 Å². The van der Waals surface area contributed by atoms with Gasteiger partial charge in [0.25, 0.3) is 0 Å². The molecule has 4 aromatic rings. The standard InChI is InChI=1S/C34H37NO6/c1-38-23-31(39-21-25-7-3-2-4-8-25)24-40-30-15-13-28(14-16-30)32-17-18-35(34(36)37)20-33(32)41-22-26-11-12-27-9-5-6-10-29(27)19-26/h2-16,19,31-33H,17-18,20-24H2,1H3,(H,36,37)/p-1. The molecule has 3 unspecified atom stereocenters. The summed E-state index contributed by atoms with van der Waals surface area (Å²) in [7, 11) is 1.65. The van der Waals surface area contributed by atoms with Crippen LogP contribution in [-0.2, 0) is 27.4 Å². The Morgan fingerprint density at radius 3 is 2.39 bits per heavy atom. The number of nitrogens with zero attached hydrogens (tertiary/aromatic N) is 1. The van der Waals surface area contributed by atoms with Crippen LogP contribution in [0.1, 0.15) is 29.0 Å². The first kappa shape index (κ1) is 28.6. The zero-order valence-electron chi connectivity index (χ0n) is 23.3. The number of ether oxygens (including phenoxy) is 4. The van der Waals surface area contributed by atoms with E-state index in [1.807, 2.05) is 66.7 Å². The van der Waals surface area contributed by atoms with E-state index in [4.69, 9.17) is 18.9 Å². The van der Waals surface area contributed by atoms with Gasteiger partial charge in [-0.1, -0.05) is 78.9 Å². The maximum atomic E-state index is 11.6. The van der Waals surface area contributed by atoms with E-state index in [9.17, 15) is 9.90 Å². The number of fused-ring (bicyclic) bond motifs is 1. The number of methoxy groups -OCH3 is 1. The van der Waals surface area contributed by atoms with E-state index in [0.717, 1.165) is 27.8 Å². The van der Waals surface area contributed by atoms with Gasteiger partial charge in [-0.2, -0.15) is 0 Å². The van der Waals surface area contributed by atoms with Crippen LogP contribution in [0.4, 0.5) is 4.79 Å². The Morgan fingerprint density at radius 2 is 1.63 bits per heavy atom. The largest absolute Gasteiger partial charge is 0.530 e. The average molecular weight is 555 g/mol. The molecule has 7 nitrogen and oxygen atoms in total. The van der Waals surface area contributed by atoms with Gasteiger partial charge in [0, 0.05) is 26.1 Å². The maximum absolute atomic E-state index is 11.6. The van der Waals surface area contributed by atoms with Gasteiger partial charge >= 0.3 is 0 Å². The summed E-state index contributed by atoms with van der Waals surface area (Å²) >= 11 is 0. The third kappa shape index (κ3) is 7.85. The van der Waals surface area contributed by atoms with Crippen molar-refractivity contribution in [3.05, 3.63) is 114 Å². The first-order valence-corrected chi connectivity index (χ1v) is 14.0. The van der Waals surface area contributed by atoms with Gasteiger partial charge in [-0.05, 0) is 52.1 Å². The minimum atomic E-state index is -1.16. The molecule has 1 amide bonds. The fourth-order valence-electron chi connectivity index (χ4n) is 5.28. The van der Waals surface area contributed by atoms with Crippen LogP contribution >= 0.6 is 0 Å². The number of piperidine rings is 1. The highest BCUT2D eigenvalue weighted by Gasteiger charge is 2.31. The highest BCUT2D eigenvalue weighted by Crippen LogP contribution is 2.32. The zero-order valence-corrected chi connectivity index (χ0v) is 23.3. The predicted molar refractivity (Wildman–Crippen MR) is 156 cm³/mol. The van der Waals surface area contributed by atoms with Gasteiger partial charge in [-0.15, -0.1) is 0 Å². The third-order valence-corrected chi connectivity index (χ3v) is 7.52. The number of carbonyl (C=O) groups excluding carboxylic acids is 1. The monoisotopic (exact) mass is 554 g/mol. The summed E-state index contributed by atoms with van der Waals surface area (Å²) < 4.78 is 23.7. The molecule has 0 spiro atoms. The lowest BCUT2D eigenvalue weighted by Crippen LogP contribution is -2.51. The van der Waals surface area contributed by atoms with E-state index >= 15 is 0 Å². The fraction of sp³-hybridized carbons (Fsp3) is 0.324. The number of hydrogen-bond acceptors (Lipinski definition) is 6. The van der Waals surface area contributed by atoms with Crippen LogP contribution in [0.2, 0.25) is 0 Å². The predicted octanol–water partition coefficient (Wildman–Crippen LogP) is 5.17. The molecule has 5 rings (SSSR count). The highest BCUT2D eigenvalue weighted by molar-refractivity contribution is 5.82. The van der Waals surface area contributed by atoms with Gasteiger partial charge in [-0.3, -0.25) is 0 Å². The van der Waals surface area contributed by atoms with E-state index in [0.29, 0.717) is 39.4 Å². The lowest BCUT2D eigenvalue weighted by atomic mass is 9.87. The molecule has 0 bridgehead atoms. The van der Waals surface area contributed by atoms with Gasteiger partial charge in [0.2, 0.25) is 0 Å². The summed E-state index contributed by atoms with van der Waals surface area (Å²) in [6, 6.07) is 32.5. The smallest absolute Gasteiger partial charge is 0.137 e. The van der Waals surface area contributed by atoms with Crippen LogP contribution in [-0.4, -0.2) is 56.6 Å². The minimum Gasteiger partial charge on any atom is -0.530 e. The van der Waals surface area contributed by atoms with Crippen LogP contribution in [0.5, 0.6) is 5.75 Å². The molecule has 0 aromatic heterocycles. The first-order chi connectivity index (χ1) is 20.1. The highest BCUT2D eigenvalue weighted by atomic mass is 16.6. The number of carboxylic acid groups (broad SMARTS) is 1. The van der Waals surface area contributed by atoms with E-state index in [1.165, 1.54) is 10.3 Å². The van der Waals surface area contributed by atoms with Crippen LogP contribution in [0.15, 0.2) is 97.1 Å². The van der Waals surface area contributed by atoms with Crippen molar-refractivity contribution in [2.24, 2.45) is 0 Å². The van der Waals surface area contributed by atoms with E-state index < -0.39 is 6.09 Å². The molecule has 7 heteroatoms. The molecule has 0 saturated carbocycles. The van der Waals surface area contributed by atoms with Crippen molar-refractivity contribution in [3.8, 4) is 5.75 Å². The lowest BCUT2D eigenvalue weighted by molar-refractivity contribution is -0.268. The second kappa shape index (κ2) is 14.1. The number of amides is 1. The maximum Gasteiger partial charge on any atom is 0.137 e. The van der Waals surface area contributed by atoms with Crippen molar-refractivity contribution in [3.63, 3.8) is 0 Å². The summed E-state index contributed by atoms with van der Waals surface area (Å²) in [5, 5.41) is 14.0. The zero-order chi connectivity index (χ0) is 28.4. The van der Waals surface area contributed by atoms with Crippen molar-refractivity contribution in [1.29, 1.82) is 0 Å². The molecule has 0 aliphatic carbocycles. The number of hydrogen-bond donors (Lipinski definition) is 0.